The molecule has 0 unspecified atom stereocenters. The Bertz CT molecular complexity index is 1390. The van der Waals surface area contributed by atoms with Crippen LogP contribution in [0.2, 0.25) is 0 Å². The maximum Gasteiger partial charge on any atom is 0.259 e. The minimum absolute atomic E-state index is 0.0247. The molecular weight excluding hydrogens is 472 g/mol. The van der Waals surface area contributed by atoms with Crippen molar-refractivity contribution in [1.29, 1.82) is 0 Å². The van der Waals surface area contributed by atoms with Crippen molar-refractivity contribution in [2.45, 2.75) is 31.9 Å². The summed E-state index contributed by atoms with van der Waals surface area (Å²) < 4.78 is 13.7. The van der Waals surface area contributed by atoms with E-state index < -0.39 is 0 Å². The molecule has 5 rings (SSSR count). The van der Waals surface area contributed by atoms with Gasteiger partial charge in [0.15, 0.2) is 0 Å². The van der Waals surface area contributed by atoms with Gasteiger partial charge in [-0.1, -0.05) is 24.3 Å². The lowest BCUT2D eigenvalue weighted by Crippen LogP contribution is -2.39. The first-order valence-electron chi connectivity index (χ1n) is 12.3. The smallest absolute Gasteiger partial charge is 0.259 e. The zero-order valence-corrected chi connectivity index (χ0v) is 21.2. The van der Waals surface area contributed by atoms with E-state index in [9.17, 15) is 9.59 Å². The fraction of sp³-hybridized carbons (Fsp3) is 0.310. The number of hydrogen-bond donors (Lipinski definition) is 0. The van der Waals surface area contributed by atoms with Crippen molar-refractivity contribution in [3.8, 4) is 5.75 Å². The average Bonchev–Trinajstić information content (AvgIpc) is 3.60. The van der Waals surface area contributed by atoms with E-state index in [-0.39, 0.29) is 23.0 Å². The number of aryl methyl sites for hydroxylation is 1. The highest BCUT2D eigenvalue weighted by Gasteiger charge is 2.26. The van der Waals surface area contributed by atoms with Gasteiger partial charge in [0.05, 0.1) is 18.2 Å². The van der Waals surface area contributed by atoms with Crippen LogP contribution in [-0.4, -0.2) is 41.2 Å². The van der Waals surface area contributed by atoms with Crippen molar-refractivity contribution in [3.63, 3.8) is 0 Å². The largest absolute Gasteiger partial charge is 0.493 e. The summed E-state index contributed by atoms with van der Waals surface area (Å²) in [5, 5.41) is 4.74. The molecule has 1 saturated heterocycles. The van der Waals surface area contributed by atoms with Crippen LogP contribution in [0.5, 0.6) is 5.75 Å². The van der Waals surface area contributed by atoms with Gasteiger partial charge in [-0.15, -0.1) is 0 Å². The SMILES string of the molecule is Cn1cc(C(=O)N(Cc2cccc(OCCc3ccsc3)c2)C[C@H]2CCCO2)c(=O)c2ccccc21. The highest BCUT2D eigenvalue weighted by atomic mass is 32.1. The molecule has 1 aliphatic heterocycles. The van der Waals surface area contributed by atoms with Gasteiger partial charge in [0.1, 0.15) is 11.3 Å². The Hall–Kier alpha value is -3.42. The summed E-state index contributed by atoms with van der Waals surface area (Å²) in [6, 6.07) is 17.3. The van der Waals surface area contributed by atoms with Gasteiger partial charge in [-0.25, -0.2) is 0 Å². The Kier molecular flexibility index (Phi) is 7.49. The molecule has 6 nitrogen and oxygen atoms in total. The molecule has 0 N–H and O–H groups in total. The Balaban J connectivity index is 1.37. The third kappa shape index (κ3) is 5.53. The zero-order valence-electron chi connectivity index (χ0n) is 20.4. The van der Waals surface area contributed by atoms with E-state index in [1.165, 1.54) is 5.56 Å². The van der Waals surface area contributed by atoms with Crippen LogP contribution in [0.25, 0.3) is 10.9 Å². The van der Waals surface area contributed by atoms with Gasteiger partial charge >= 0.3 is 0 Å². The van der Waals surface area contributed by atoms with Gasteiger partial charge in [0.2, 0.25) is 5.43 Å². The van der Waals surface area contributed by atoms with Crippen LogP contribution in [0, 0.1) is 0 Å². The minimum Gasteiger partial charge on any atom is -0.493 e. The molecule has 2 aromatic carbocycles. The molecular formula is C29H30N2O4S. The van der Waals surface area contributed by atoms with E-state index in [4.69, 9.17) is 9.47 Å². The Labute approximate surface area is 214 Å². The molecule has 0 bridgehead atoms. The molecule has 0 spiro atoms. The van der Waals surface area contributed by atoms with Crippen molar-refractivity contribution < 1.29 is 14.3 Å². The molecule has 7 heteroatoms. The normalized spacial score (nSPS) is 15.3. The summed E-state index contributed by atoms with van der Waals surface area (Å²) in [4.78, 5) is 28.8. The summed E-state index contributed by atoms with van der Waals surface area (Å²) in [5.74, 6) is 0.495. The first-order valence-corrected chi connectivity index (χ1v) is 13.2. The standard InChI is InChI=1S/C29H30N2O4S/c1-30-19-26(28(32)25-9-2-3-10-27(25)30)29(33)31(18-24-8-5-13-34-24)17-22-6-4-7-23(16-22)35-14-11-21-12-15-36-20-21/h2-4,6-7,9-10,12,15-16,19-20,24H,5,8,11,13-14,17-18H2,1H3/t24-/m1/s1. The van der Waals surface area contributed by atoms with E-state index in [1.54, 1.807) is 28.5 Å². The average molecular weight is 503 g/mol. The summed E-state index contributed by atoms with van der Waals surface area (Å²) >= 11 is 1.68. The second-order valence-electron chi connectivity index (χ2n) is 9.20. The number of benzene rings is 2. The van der Waals surface area contributed by atoms with Crippen LogP contribution >= 0.6 is 11.3 Å². The van der Waals surface area contributed by atoms with Crippen LogP contribution in [-0.2, 0) is 24.8 Å². The van der Waals surface area contributed by atoms with Gasteiger partial charge < -0.3 is 18.9 Å². The lowest BCUT2D eigenvalue weighted by atomic mass is 10.1. The van der Waals surface area contributed by atoms with Crippen LogP contribution in [0.3, 0.4) is 0 Å². The molecule has 186 valence electrons. The number of amides is 1. The fourth-order valence-corrected chi connectivity index (χ4v) is 5.39. The van der Waals surface area contributed by atoms with Crippen LogP contribution < -0.4 is 10.2 Å². The number of carbonyl (C=O) groups excluding carboxylic acids is 1. The number of pyridine rings is 1. The lowest BCUT2D eigenvalue weighted by Gasteiger charge is -2.26. The predicted octanol–water partition coefficient (Wildman–Crippen LogP) is 5.04. The number of carbonyl (C=O) groups is 1. The van der Waals surface area contributed by atoms with Crippen molar-refractivity contribution in [2.24, 2.45) is 7.05 Å². The van der Waals surface area contributed by atoms with Gasteiger partial charge in [-0.3, -0.25) is 9.59 Å². The lowest BCUT2D eigenvalue weighted by molar-refractivity contribution is 0.0505. The van der Waals surface area contributed by atoms with Gasteiger partial charge in [-0.2, -0.15) is 11.3 Å². The highest BCUT2D eigenvalue weighted by molar-refractivity contribution is 7.07. The van der Waals surface area contributed by atoms with Crippen LogP contribution in [0.1, 0.15) is 34.3 Å². The van der Waals surface area contributed by atoms with Crippen LogP contribution in [0.4, 0.5) is 0 Å². The number of rotatable bonds is 9. The second kappa shape index (κ2) is 11.1. The molecule has 4 aromatic rings. The van der Waals surface area contributed by atoms with E-state index in [0.717, 1.165) is 36.1 Å². The Morgan fingerprint density at radius 2 is 2.06 bits per heavy atom. The molecule has 0 aliphatic carbocycles. The quantitative estimate of drug-likeness (QED) is 0.322. The van der Waals surface area contributed by atoms with Crippen molar-refractivity contribution in [2.75, 3.05) is 19.8 Å². The molecule has 0 saturated carbocycles. The number of aromatic nitrogens is 1. The summed E-state index contributed by atoms with van der Waals surface area (Å²) in [5.41, 5.74) is 2.96. The highest BCUT2D eigenvalue weighted by Crippen LogP contribution is 2.20. The Morgan fingerprint density at radius 3 is 2.86 bits per heavy atom. The molecule has 1 aliphatic rings. The number of nitrogens with zero attached hydrogens (tertiary/aromatic N) is 2. The first kappa shape index (κ1) is 24.3. The predicted molar refractivity (Wildman–Crippen MR) is 143 cm³/mol. The van der Waals surface area contributed by atoms with Crippen molar-refractivity contribution in [1.82, 2.24) is 9.47 Å². The first-order chi connectivity index (χ1) is 17.6. The molecule has 36 heavy (non-hydrogen) atoms. The molecule has 2 aromatic heterocycles. The van der Waals surface area contributed by atoms with E-state index in [1.807, 2.05) is 54.1 Å². The Morgan fingerprint density at radius 1 is 1.17 bits per heavy atom. The van der Waals surface area contributed by atoms with E-state index in [0.29, 0.717) is 31.7 Å². The molecule has 1 atom stereocenters. The maximum absolute atomic E-state index is 13.8. The molecule has 1 amide bonds. The summed E-state index contributed by atoms with van der Waals surface area (Å²) in [6.45, 7) is 2.11. The maximum atomic E-state index is 13.8. The zero-order chi connectivity index (χ0) is 24.9. The second-order valence-corrected chi connectivity index (χ2v) is 9.98. The minimum atomic E-state index is -0.277. The van der Waals surface area contributed by atoms with E-state index in [2.05, 4.69) is 16.8 Å². The molecule has 3 heterocycles. The topological polar surface area (TPSA) is 60.8 Å². The van der Waals surface area contributed by atoms with Gasteiger partial charge in [0, 0.05) is 44.7 Å². The number of thiophene rings is 1. The number of ether oxygens (including phenoxy) is 2. The van der Waals surface area contributed by atoms with Crippen molar-refractivity contribution >= 4 is 28.1 Å². The third-order valence-electron chi connectivity index (χ3n) is 6.57. The summed E-state index contributed by atoms with van der Waals surface area (Å²) in [6.07, 6.45) is 4.37. The van der Waals surface area contributed by atoms with Gasteiger partial charge in [-0.05, 0) is 65.1 Å². The van der Waals surface area contributed by atoms with Crippen LogP contribution in [0.15, 0.2) is 76.3 Å². The molecule has 1 fully saturated rings. The van der Waals surface area contributed by atoms with Gasteiger partial charge in [0.25, 0.3) is 5.91 Å². The third-order valence-corrected chi connectivity index (χ3v) is 7.31. The number of fused-ring (bicyclic) bond motifs is 1. The molecule has 0 radical (unpaired) electrons. The number of hydrogen-bond acceptors (Lipinski definition) is 5. The monoisotopic (exact) mass is 502 g/mol. The number of para-hydroxylation sites is 1. The van der Waals surface area contributed by atoms with Crippen molar-refractivity contribution in [3.05, 3.63) is 98.5 Å². The summed E-state index contributed by atoms with van der Waals surface area (Å²) in [7, 11) is 1.86. The fourth-order valence-electron chi connectivity index (χ4n) is 4.69. The van der Waals surface area contributed by atoms with E-state index >= 15 is 0 Å².